The highest BCUT2D eigenvalue weighted by Gasteiger charge is 2.28. The van der Waals surface area contributed by atoms with Gasteiger partial charge in [0, 0.05) is 56.9 Å². The van der Waals surface area contributed by atoms with Gasteiger partial charge in [-0.2, -0.15) is 0 Å². The van der Waals surface area contributed by atoms with Gasteiger partial charge in [-0.15, -0.1) is 0 Å². The molecule has 3 heterocycles. The van der Waals surface area contributed by atoms with E-state index in [1.165, 1.54) is 0 Å². The molecule has 0 radical (unpaired) electrons. The van der Waals surface area contributed by atoms with Crippen LogP contribution in [-0.4, -0.2) is 75.9 Å². The molecule has 3 amide bonds. The molecule has 0 saturated carbocycles. The molecule has 2 fully saturated rings. The fourth-order valence-corrected chi connectivity index (χ4v) is 3.57. The van der Waals surface area contributed by atoms with Crippen molar-refractivity contribution in [3.63, 3.8) is 0 Å². The van der Waals surface area contributed by atoms with Crippen molar-refractivity contribution in [2.75, 3.05) is 39.3 Å². The first-order valence-corrected chi connectivity index (χ1v) is 9.09. The maximum absolute atomic E-state index is 12.4. The molecule has 2 saturated heterocycles. The average Bonchev–Trinajstić information content (AvgIpc) is 3.14. The van der Waals surface area contributed by atoms with Gasteiger partial charge in [0.05, 0.1) is 0 Å². The third-order valence-corrected chi connectivity index (χ3v) is 5.12. The van der Waals surface area contributed by atoms with E-state index in [0.29, 0.717) is 37.4 Å². The van der Waals surface area contributed by atoms with Crippen molar-refractivity contribution in [1.82, 2.24) is 24.7 Å². The van der Waals surface area contributed by atoms with Gasteiger partial charge >= 0.3 is 11.7 Å². The summed E-state index contributed by atoms with van der Waals surface area (Å²) in [5, 5.41) is 0. The predicted molar refractivity (Wildman–Crippen MR) is 95.1 cm³/mol. The zero-order chi connectivity index (χ0) is 18.7. The summed E-state index contributed by atoms with van der Waals surface area (Å²) in [7, 11) is 0. The van der Waals surface area contributed by atoms with Crippen molar-refractivity contribution in [2.45, 2.75) is 32.6 Å². The number of nitrogens with one attached hydrogen (secondary N) is 2. The number of nitrogens with zero attached hydrogens (tertiary/aromatic N) is 3. The van der Waals surface area contributed by atoms with Crippen LogP contribution in [-0.2, 0) is 11.2 Å². The Morgan fingerprint density at radius 3 is 2.08 bits per heavy atom. The van der Waals surface area contributed by atoms with E-state index in [9.17, 15) is 19.2 Å². The van der Waals surface area contributed by atoms with Crippen LogP contribution in [0.1, 0.15) is 30.5 Å². The normalized spacial score (nSPS) is 17.7. The Morgan fingerprint density at radius 1 is 0.885 bits per heavy atom. The molecule has 142 valence electrons. The van der Waals surface area contributed by atoms with Crippen LogP contribution in [0.25, 0.3) is 0 Å². The first-order valence-electron chi connectivity index (χ1n) is 9.09. The molecule has 2 N–H and O–H groups in total. The van der Waals surface area contributed by atoms with Crippen LogP contribution >= 0.6 is 0 Å². The molecular formula is C17H25N5O4. The van der Waals surface area contributed by atoms with Crippen molar-refractivity contribution in [3.8, 4) is 0 Å². The smallest absolute Gasteiger partial charge is 0.325 e. The Bertz CT molecular complexity index is 785. The number of amides is 3. The van der Waals surface area contributed by atoms with Gasteiger partial charge in [-0.05, 0) is 26.2 Å². The second kappa shape index (κ2) is 7.76. The van der Waals surface area contributed by atoms with Crippen LogP contribution in [0.15, 0.2) is 9.59 Å². The molecule has 9 heteroatoms. The summed E-state index contributed by atoms with van der Waals surface area (Å²) < 4.78 is 0. The molecule has 0 spiro atoms. The second-order valence-electron chi connectivity index (χ2n) is 6.86. The van der Waals surface area contributed by atoms with Crippen molar-refractivity contribution < 1.29 is 9.59 Å². The largest absolute Gasteiger partial charge is 0.339 e. The molecule has 1 aromatic rings. The van der Waals surface area contributed by atoms with Gasteiger partial charge in [0.15, 0.2) is 0 Å². The monoisotopic (exact) mass is 363 g/mol. The topological polar surface area (TPSA) is 110 Å². The third-order valence-electron chi connectivity index (χ3n) is 5.12. The van der Waals surface area contributed by atoms with Crippen molar-refractivity contribution >= 4 is 11.9 Å². The van der Waals surface area contributed by atoms with E-state index in [1.807, 2.05) is 9.80 Å². The lowest BCUT2D eigenvalue weighted by Crippen LogP contribution is -2.53. The first-order chi connectivity index (χ1) is 12.5. The Labute approximate surface area is 151 Å². The van der Waals surface area contributed by atoms with Gasteiger partial charge in [0.1, 0.15) is 0 Å². The third kappa shape index (κ3) is 3.97. The van der Waals surface area contributed by atoms with Crippen molar-refractivity contribution in [1.29, 1.82) is 0 Å². The van der Waals surface area contributed by atoms with E-state index in [4.69, 9.17) is 0 Å². The molecule has 0 bridgehead atoms. The SMILES string of the molecule is Cc1[nH]c(=O)[nH]c(=O)c1CCC(=O)N1CCN(C(=O)N2CCCC2)CC1. The number of carbonyl (C=O) groups is 2. The minimum absolute atomic E-state index is 0.0386. The molecule has 3 rings (SSSR count). The van der Waals surface area contributed by atoms with Gasteiger partial charge < -0.3 is 19.7 Å². The lowest BCUT2D eigenvalue weighted by atomic mass is 10.1. The highest BCUT2D eigenvalue weighted by atomic mass is 16.2. The number of hydrogen-bond donors (Lipinski definition) is 2. The van der Waals surface area contributed by atoms with Gasteiger partial charge in [-0.1, -0.05) is 0 Å². The summed E-state index contributed by atoms with van der Waals surface area (Å²) >= 11 is 0. The van der Waals surface area contributed by atoms with Crippen LogP contribution in [0.5, 0.6) is 0 Å². The fourth-order valence-electron chi connectivity index (χ4n) is 3.57. The summed E-state index contributed by atoms with van der Waals surface area (Å²) in [6.45, 7) is 5.41. The van der Waals surface area contributed by atoms with E-state index in [1.54, 1.807) is 11.8 Å². The molecule has 0 atom stereocenters. The van der Waals surface area contributed by atoms with Crippen LogP contribution in [0.4, 0.5) is 4.79 Å². The number of hydrogen-bond acceptors (Lipinski definition) is 4. The van der Waals surface area contributed by atoms with E-state index in [-0.39, 0.29) is 24.8 Å². The number of aromatic amines is 2. The quantitative estimate of drug-likeness (QED) is 0.766. The lowest BCUT2D eigenvalue weighted by molar-refractivity contribution is -0.132. The zero-order valence-corrected chi connectivity index (χ0v) is 15.0. The van der Waals surface area contributed by atoms with Crippen molar-refractivity contribution in [2.24, 2.45) is 0 Å². The predicted octanol–water partition coefficient (Wildman–Crippen LogP) is -0.336. The lowest BCUT2D eigenvalue weighted by Gasteiger charge is -2.36. The molecule has 2 aliphatic rings. The molecule has 0 aromatic carbocycles. The number of rotatable bonds is 3. The number of piperazine rings is 1. The minimum Gasteiger partial charge on any atom is -0.339 e. The number of aryl methyl sites for hydroxylation is 1. The average molecular weight is 363 g/mol. The van der Waals surface area contributed by atoms with Gasteiger partial charge in [0.25, 0.3) is 5.56 Å². The first kappa shape index (κ1) is 18.2. The summed E-state index contributed by atoms with van der Waals surface area (Å²) in [4.78, 5) is 58.0. The van der Waals surface area contributed by atoms with E-state index in [0.717, 1.165) is 25.9 Å². The highest BCUT2D eigenvalue weighted by molar-refractivity contribution is 5.78. The number of likely N-dealkylation sites (tertiary alicyclic amines) is 1. The molecule has 1 aromatic heterocycles. The summed E-state index contributed by atoms with van der Waals surface area (Å²) in [6, 6.07) is 0.0741. The highest BCUT2D eigenvalue weighted by Crippen LogP contribution is 2.13. The molecular weight excluding hydrogens is 338 g/mol. The van der Waals surface area contributed by atoms with Crippen molar-refractivity contribution in [3.05, 3.63) is 32.1 Å². The van der Waals surface area contributed by atoms with Gasteiger partial charge in [0.2, 0.25) is 5.91 Å². The van der Waals surface area contributed by atoms with E-state index < -0.39 is 11.2 Å². The number of H-pyrrole nitrogens is 2. The van der Waals surface area contributed by atoms with Crippen LogP contribution in [0.3, 0.4) is 0 Å². The Morgan fingerprint density at radius 2 is 1.46 bits per heavy atom. The number of carbonyl (C=O) groups excluding carboxylic acids is 2. The zero-order valence-electron chi connectivity index (χ0n) is 15.0. The Balaban J connectivity index is 1.50. The summed E-state index contributed by atoms with van der Waals surface area (Å²) in [5.74, 6) is -0.0386. The molecule has 26 heavy (non-hydrogen) atoms. The Kier molecular flexibility index (Phi) is 5.43. The molecule has 9 nitrogen and oxygen atoms in total. The standard InChI is InChI=1S/C17H25N5O4/c1-12-13(15(24)19-16(25)18-12)4-5-14(23)20-8-10-22(11-9-20)17(26)21-6-2-3-7-21/h2-11H2,1H3,(H2,18,19,24,25). The van der Waals surface area contributed by atoms with Crippen LogP contribution in [0.2, 0.25) is 0 Å². The molecule has 2 aliphatic heterocycles. The second-order valence-corrected chi connectivity index (χ2v) is 6.86. The van der Waals surface area contributed by atoms with E-state index >= 15 is 0 Å². The van der Waals surface area contributed by atoms with Crippen LogP contribution < -0.4 is 11.2 Å². The minimum atomic E-state index is -0.540. The summed E-state index contributed by atoms with van der Waals surface area (Å²) in [5.41, 5.74) is -0.0603. The van der Waals surface area contributed by atoms with Crippen LogP contribution in [0, 0.1) is 6.92 Å². The number of aromatic nitrogens is 2. The summed E-state index contributed by atoms with van der Waals surface area (Å²) in [6.07, 6.45) is 2.61. The fraction of sp³-hybridized carbons (Fsp3) is 0.647. The Hall–Kier alpha value is -2.58. The molecule has 0 aliphatic carbocycles. The van der Waals surface area contributed by atoms with Gasteiger partial charge in [-0.25, -0.2) is 9.59 Å². The van der Waals surface area contributed by atoms with E-state index in [2.05, 4.69) is 9.97 Å². The van der Waals surface area contributed by atoms with Gasteiger partial charge in [-0.3, -0.25) is 14.6 Å². The number of urea groups is 1. The molecule has 0 unspecified atom stereocenters. The maximum Gasteiger partial charge on any atom is 0.325 e. The maximum atomic E-state index is 12.4.